The van der Waals surface area contributed by atoms with Gasteiger partial charge in [0.1, 0.15) is 10.8 Å². The Labute approximate surface area is 183 Å². The molecule has 30 heavy (non-hydrogen) atoms. The Hall–Kier alpha value is -2.97. The van der Waals surface area contributed by atoms with Crippen LogP contribution in [0.4, 0.5) is 5.69 Å². The molecule has 0 radical (unpaired) electrons. The first kappa shape index (κ1) is 20.3. The van der Waals surface area contributed by atoms with Gasteiger partial charge in [0, 0.05) is 22.8 Å². The van der Waals surface area contributed by atoms with Gasteiger partial charge in [0.15, 0.2) is 5.16 Å². The third-order valence-corrected chi connectivity index (χ3v) is 6.33. The van der Waals surface area contributed by atoms with Crippen LogP contribution < -0.4 is 5.32 Å². The van der Waals surface area contributed by atoms with Crippen LogP contribution in [-0.4, -0.2) is 31.4 Å². The number of rotatable bonds is 6. The maximum atomic E-state index is 12.5. The number of aryl methyl sites for hydroxylation is 3. The topological polar surface area (TPSA) is 72.7 Å². The highest BCUT2D eigenvalue weighted by molar-refractivity contribution is 7.99. The first-order chi connectivity index (χ1) is 14.5. The van der Waals surface area contributed by atoms with Crippen LogP contribution in [-0.2, 0) is 4.79 Å². The molecule has 0 aliphatic rings. The van der Waals surface area contributed by atoms with Crippen molar-refractivity contribution >= 4 is 34.7 Å². The molecule has 0 fully saturated rings. The van der Waals surface area contributed by atoms with E-state index in [0.29, 0.717) is 5.16 Å². The van der Waals surface area contributed by atoms with Crippen molar-refractivity contribution in [1.82, 2.24) is 19.7 Å². The van der Waals surface area contributed by atoms with Gasteiger partial charge in [-0.25, -0.2) is 4.98 Å². The van der Waals surface area contributed by atoms with Crippen LogP contribution in [0, 0.1) is 20.8 Å². The largest absolute Gasteiger partial charge is 0.325 e. The van der Waals surface area contributed by atoms with E-state index in [2.05, 4.69) is 52.5 Å². The molecule has 0 bridgehead atoms. The van der Waals surface area contributed by atoms with Crippen LogP contribution >= 0.6 is 23.1 Å². The standard InChI is InChI=1S/C22H21N5OS2/c1-14-4-5-15(2)19(12-14)27-16(3)25-26-22(27)30-13-20(28)24-18-8-6-17(7-9-18)21-23-10-11-29-21/h4-12H,13H2,1-3H3,(H,24,28). The van der Waals surface area contributed by atoms with E-state index < -0.39 is 0 Å². The van der Waals surface area contributed by atoms with E-state index in [-0.39, 0.29) is 11.7 Å². The molecule has 4 rings (SSSR count). The second kappa shape index (κ2) is 8.81. The molecule has 6 nitrogen and oxygen atoms in total. The van der Waals surface area contributed by atoms with E-state index in [9.17, 15) is 4.79 Å². The molecular formula is C22H21N5OS2. The van der Waals surface area contributed by atoms with Crippen molar-refractivity contribution in [3.05, 3.63) is 71.0 Å². The number of nitrogens with zero attached hydrogens (tertiary/aromatic N) is 4. The molecule has 152 valence electrons. The van der Waals surface area contributed by atoms with Crippen LogP contribution in [0.15, 0.2) is 59.2 Å². The zero-order valence-corrected chi connectivity index (χ0v) is 18.5. The number of hydrogen-bond donors (Lipinski definition) is 1. The fourth-order valence-electron chi connectivity index (χ4n) is 3.06. The smallest absolute Gasteiger partial charge is 0.234 e. The van der Waals surface area contributed by atoms with Gasteiger partial charge in [-0.05, 0) is 62.2 Å². The van der Waals surface area contributed by atoms with Crippen molar-refractivity contribution in [1.29, 1.82) is 0 Å². The summed E-state index contributed by atoms with van der Waals surface area (Å²) in [5, 5.41) is 15.0. The number of amides is 1. The summed E-state index contributed by atoms with van der Waals surface area (Å²) in [6.45, 7) is 6.04. The highest BCUT2D eigenvalue weighted by Gasteiger charge is 2.15. The second-order valence-corrected chi connectivity index (χ2v) is 8.74. The predicted octanol–water partition coefficient (Wildman–Crippen LogP) is 5.05. The summed E-state index contributed by atoms with van der Waals surface area (Å²) in [4.78, 5) is 16.8. The van der Waals surface area contributed by atoms with E-state index >= 15 is 0 Å². The van der Waals surface area contributed by atoms with Gasteiger partial charge < -0.3 is 5.32 Å². The molecular weight excluding hydrogens is 414 g/mol. The monoisotopic (exact) mass is 435 g/mol. The van der Waals surface area contributed by atoms with E-state index in [1.54, 1.807) is 17.5 Å². The van der Waals surface area contributed by atoms with Crippen molar-refractivity contribution in [2.75, 3.05) is 11.1 Å². The lowest BCUT2D eigenvalue weighted by Gasteiger charge is -2.12. The molecule has 0 atom stereocenters. The quantitative estimate of drug-likeness (QED) is 0.429. The summed E-state index contributed by atoms with van der Waals surface area (Å²) >= 11 is 2.96. The Bertz CT molecular complexity index is 1170. The first-order valence-corrected chi connectivity index (χ1v) is 11.3. The molecule has 0 saturated carbocycles. The average molecular weight is 436 g/mol. The third kappa shape index (κ3) is 4.44. The predicted molar refractivity (Wildman–Crippen MR) is 122 cm³/mol. The van der Waals surface area contributed by atoms with Crippen molar-refractivity contribution in [2.24, 2.45) is 0 Å². The zero-order chi connectivity index (χ0) is 21.1. The van der Waals surface area contributed by atoms with Gasteiger partial charge in [0.25, 0.3) is 0 Å². The molecule has 0 spiro atoms. The number of hydrogen-bond acceptors (Lipinski definition) is 6. The molecule has 0 aliphatic heterocycles. The number of nitrogens with one attached hydrogen (secondary N) is 1. The van der Waals surface area contributed by atoms with E-state index in [0.717, 1.165) is 33.3 Å². The molecule has 2 heterocycles. The average Bonchev–Trinajstić information content (AvgIpc) is 3.39. The number of benzene rings is 2. The minimum Gasteiger partial charge on any atom is -0.325 e. The highest BCUT2D eigenvalue weighted by Crippen LogP contribution is 2.26. The summed E-state index contributed by atoms with van der Waals surface area (Å²) in [5.74, 6) is 0.955. The molecule has 8 heteroatoms. The van der Waals surface area contributed by atoms with Gasteiger partial charge in [0.2, 0.25) is 5.91 Å². The SMILES string of the molecule is Cc1ccc(C)c(-n2c(C)nnc2SCC(=O)Nc2ccc(-c3nccs3)cc2)c1. The summed E-state index contributed by atoms with van der Waals surface area (Å²) in [6, 6.07) is 14.0. The van der Waals surface area contributed by atoms with Crippen molar-refractivity contribution < 1.29 is 4.79 Å². The van der Waals surface area contributed by atoms with Gasteiger partial charge in [-0.3, -0.25) is 9.36 Å². The van der Waals surface area contributed by atoms with Gasteiger partial charge in [0.05, 0.1) is 11.4 Å². The number of aromatic nitrogens is 4. The number of thiazole rings is 1. The van der Waals surface area contributed by atoms with Gasteiger partial charge in [-0.1, -0.05) is 23.9 Å². The summed E-state index contributed by atoms with van der Waals surface area (Å²) in [5.41, 5.74) is 5.13. The maximum absolute atomic E-state index is 12.5. The second-order valence-electron chi connectivity index (χ2n) is 6.91. The lowest BCUT2D eigenvalue weighted by molar-refractivity contribution is -0.113. The number of thioether (sulfide) groups is 1. The maximum Gasteiger partial charge on any atom is 0.234 e. The summed E-state index contributed by atoms with van der Waals surface area (Å²) < 4.78 is 2.00. The fraction of sp³-hybridized carbons (Fsp3) is 0.182. The van der Waals surface area contributed by atoms with Gasteiger partial charge in [-0.2, -0.15) is 0 Å². The Balaban J connectivity index is 1.43. The third-order valence-electron chi connectivity index (χ3n) is 4.58. The summed E-state index contributed by atoms with van der Waals surface area (Å²) in [7, 11) is 0. The normalized spacial score (nSPS) is 10.9. The highest BCUT2D eigenvalue weighted by atomic mass is 32.2. The number of carbonyl (C=O) groups excluding carboxylic acids is 1. The Morgan fingerprint density at radius 1 is 1.10 bits per heavy atom. The molecule has 1 amide bonds. The Kier molecular flexibility index (Phi) is 5.96. The molecule has 0 aliphatic carbocycles. The lowest BCUT2D eigenvalue weighted by atomic mass is 10.1. The molecule has 0 saturated heterocycles. The number of anilines is 1. The molecule has 0 unspecified atom stereocenters. The number of carbonyl (C=O) groups is 1. The van der Waals surface area contributed by atoms with Crippen molar-refractivity contribution in [2.45, 2.75) is 25.9 Å². The minimum absolute atomic E-state index is 0.0878. The van der Waals surface area contributed by atoms with Crippen LogP contribution in [0.2, 0.25) is 0 Å². The van der Waals surface area contributed by atoms with E-state index in [4.69, 9.17) is 0 Å². The first-order valence-electron chi connectivity index (χ1n) is 9.43. The Morgan fingerprint density at radius 3 is 2.63 bits per heavy atom. The van der Waals surface area contributed by atoms with E-state index in [1.807, 2.05) is 41.1 Å². The lowest BCUT2D eigenvalue weighted by Crippen LogP contribution is -2.14. The molecule has 1 N–H and O–H groups in total. The Morgan fingerprint density at radius 2 is 1.90 bits per heavy atom. The fourth-order valence-corrected chi connectivity index (χ4v) is 4.50. The molecule has 2 aromatic carbocycles. The van der Waals surface area contributed by atoms with Crippen LogP contribution in [0.3, 0.4) is 0 Å². The van der Waals surface area contributed by atoms with Crippen molar-refractivity contribution in [3.63, 3.8) is 0 Å². The van der Waals surface area contributed by atoms with Crippen LogP contribution in [0.25, 0.3) is 16.3 Å². The minimum atomic E-state index is -0.0878. The van der Waals surface area contributed by atoms with Gasteiger partial charge in [-0.15, -0.1) is 21.5 Å². The molecule has 4 aromatic rings. The molecule has 2 aromatic heterocycles. The van der Waals surface area contributed by atoms with E-state index in [1.165, 1.54) is 17.3 Å². The van der Waals surface area contributed by atoms with Crippen LogP contribution in [0.1, 0.15) is 17.0 Å². The summed E-state index contributed by atoms with van der Waals surface area (Å²) in [6.07, 6.45) is 1.78. The zero-order valence-electron chi connectivity index (χ0n) is 16.9. The van der Waals surface area contributed by atoms with Crippen molar-refractivity contribution in [3.8, 4) is 16.3 Å². The van der Waals surface area contributed by atoms with Crippen LogP contribution in [0.5, 0.6) is 0 Å². The van der Waals surface area contributed by atoms with Gasteiger partial charge >= 0.3 is 0 Å².